The molecule has 9 heavy (non-hydrogen) atoms. The Kier molecular flexibility index (Phi) is 12.9. The molecule has 0 spiro atoms. The Labute approximate surface area is 53.0 Å². The van der Waals surface area contributed by atoms with Gasteiger partial charge in [-0.15, -0.1) is 0 Å². The molecule has 0 fully saturated rings. The number of aliphatic hydroxyl groups excluding tert-OH is 1. The summed E-state index contributed by atoms with van der Waals surface area (Å²) in [6, 6.07) is 0. The van der Waals surface area contributed by atoms with Crippen molar-refractivity contribution >= 4 is 5.97 Å². The molecule has 0 aliphatic carbocycles. The number of carbonyl (C=O) groups is 1. The van der Waals surface area contributed by atoms with Gasteiger partial charge in [0, 0.05) is 6.92 Å². The number of carboxylic acid groups (broad SMARTS) is 1. The highest BCUT2D eigenvalue weighted by atomic mass is 16.6. The van der Waals surface area contributed by atoms with Crippen LogP contribution in [0, 0.1) is 0 Å². The summed E-state index contributed by atoms with van der Waals surface area (Å²) in [6.07, 6.45) is 0. The van der Waals surface area contributed by atoms with Crippen LogP contribution in [0.4, 0.5) is 0 Å². The highest BCUT2D eigenvalue weighted by molar-refractivity contribution is 5.62. The van der Waals surface area contributed by atoms with E-state index in [1.165, 1.54) is 0 Å². The van der Waals surface area contributed by atoms with E-state index in [1.807, 2.05) is 0 Å². The first-order valence-electron chi connectivity index (χ1n) is 2.27. The summed E-state index contributed by atoms with van der Waals surface area (Å²) < 4.78 is 0. The molecule has 0 amide bonds. The molecule has 0 bridgehead atoms. The van der Waals surface area contributed by atoms with Crippen molar-refractivity contribution in [2.75, 3.05) is 13.2 Å². The van der Waals surface area contributed by atoms with Crippen LogP contribution in [0.2, 0.25) is 0 Å². The lowest BCUT2D eigenvalue weighted by Crippen LogP contribution is -2.03. The average molecular weight is 137 g/mol. The van der Waals surface area contributed by atoms with Crippen molar-refractivity contribution in [3.8, 4) is 0 Å². The molecule has 0 saturated carbocycles. The van der Waals surface area contributed by atoms with E-state index in [9.17, 15) is 0 Å². The quantitative estimate of drug-likeness (QED) is 0.423. The molecule has 0 atom stereocenters. The number of hydrogen-bond donors (Lipinski definition) is 3. The fourth-order valence-electron chi connectivity index (χ4n) is 0.0527. The maximum atomic E-state index is 9.00. The number of hydrogen-bond acceptors (Lipinski definition) is 4. The Morgan fingerprint density at radius 3 is 2.11 bits per heavy atom. The molecular weight excluding hydrogens is 126 g/mol. The van der Waals surface area contributed by atoms with Gasteiger partial charge in [0.05, 0.1) is 13.2 Å². The number of rotatable bonds is 2. The Morgan fingerprint density at radius 2 is 2.11 bits per heavy atom. The van der Waals surface area contributed by atoms with E-state index in [1.54, 1.807) is 0 Å². The molecule has 0 aromatic heterocycles. The average Bonchev–Trinajstić information content (AvgIpc) is 1.66. The predicted molar refractivity (Wildman–Crippen MR) is 30.5 cm³/mol. The topological polar surface area (TPSA) is 92.8 Å². The maximum Gasteiger partial charge on any atom is 0.300 e. The van der Waals surface area contributed by atoms with Crippen LogP contribution in [0.3, 0.4) is 0 Å². The first-order chi connectivity index (χ1) is 4.15. The van der Waals surface area contributed by atoms with Gasteiger partial charge in [0.2, 0.25) is 0 Å². The van der Waals surface area contributed by atoms with Gasteiger partial charge in [0.25, 0.3) is 5.97 Å². The first kappa shape index (κ1) is 11.2. The molecule has 0 aromatic rings. The molecule has 56 valence electrons. The monoisotopic (exact) mass is 137 g/mol. The van der Waals surface area contributed by atoms with E-state index in [0.717, 1.165) is 6.92 Å². The molecule has 0 aliphatic rings. The van der Waals surface area contributed by atoms with Gasteiger partial charge in [-0.25, -0.2) is 5.90 Å². The second-order valence-corrected chi connectivity index (χ2v) is 1.11. The standard InChI is InChI=1S/C2H7NO2.C2H4O2/c3-5-2-1-4;1-2(3)4/h4H,1-3H2;1H3,(H,3,4). The molecule has 0 radical (unpaired) electrons. The zero-order valence-electron chi connectivity index (χ0n) is 5.20. The number of aliphatic carboxylic acids is 1. The van der Waals surface area contributed by atoms with E-state index in [4.69, 9.17) is 15.0 Å². The Bertz CT molecular complexity index is 59.6. The largest absolute Gasteiger partial charge is 0.481 e. The third kappa shape index (κ3) is 115. The van der Waals surface area contributed by atoms with Crippen LogP contribution in [0.5, 0.6) is 0 Å². The molecule has 0 heterocycles. The van der Waals surface area contributed by atoms with Crippen molar-refractivity contribution in [1.82, 2.24) is 0 Å². The minimum absolute atomic E-state index is 0.00347. The van der Waals surface area contributed by atoms with Crippen molar-refractivity contribution in [2.24, 2.45) is 5.90 Å². The number of nitrogens with two attached hydrogens (primary N) is 1. The Morgan fingerprint density at radius 1 is 1.78 bits per heavy atom. The first-order valence-corrected chi connectivity index (χ1v) is 2.27. The van der Waals surface area contributed by atoms with Gasteiger partial charge in [-0.2, -0.15) is 0 Å². The molecule has 0 aliphatic heterocycles. The van der Waals surface area contributed by atoms with Crippen LogP contribution >= 0.6 is 0 Å². The van der Waals surface area contributed by atoms with Crippen molar-refractivity contribution in [1.29, 1.82) is 0 Å². The van der Waals surface area contributed by atoms with Crippen LogP contribution in [0.15, 0.2) is 0 Å². The van der Waals surface area contributed by atoms with Crippen LogP contribution in [-0.2, 0) is 9.63 Å². The molecule has 4 N–H and O–H groups in total. The Balaban J connectivity index is 0. The van der Waals surface area contributed by atoms with Gasteiger partial charge in [0.15, 0.2) is 0 Å². The van der Waals surface area contributed by atoms with Crippen LogP contribution in [-0.4, -0.2) is 29.4 Å². The summed E-state index contributed by atoms with van der Waals surface area (Å²) in [4.78, 5) is 12.9. The summed E-state index contributed by atoms with van der Waals surface area (Å²) in [6.45, 7) is 1.30. The van der Waals surface area contributed by atoms with Crippen LogP contribution in [0.1, 0.15) is 6.92 Å². The summed E-state index contributed by atoms with van der Waals surface area (Å²) in [7, 11) is 0. The fourth-order valence-corrected chi connectivity index (χ4v) is 0.0527. The van der Waals surface area contributed by atoms with Gasteiger partial charge in [-0.05, 0) is 0 Å². The SMILES string of the molecule is CC(=O)O.NOCCO. The van der Waals surface area contributed by atoms with Crippen LogP contribution in [0.25, 0.3) is 0 Å². The van der Waals surface area contributed by atoms with Crippen LogP contribution < -0.4 is 5.90 Å². The molecule has 0 saturated heterocycles. The third-order valence-corrected chi connectivity index (χ3v) is 0.209. The summed E-state index contributed by atoms with van der Waals surface area (Å²) in [5, 5.41) is 15.3. The van der Waals surface area contributed by atoms with Gasteiger partial charge in [0.1, 0.15) is 0 Å². The zero-order chi connectivity index (χ0) is 7.70. The van der Waals surface area contributed by atoms with Gasteiger partial charge < -0.3 is 15.1 Å². The molecule has 0 rings (SSSR count). The molecule has 5 nitrogen and oxygen atoms in total. The lowest BCUT2D eigenvalue weighted by atomic mass is 10.8. The van der Waals surface area contributed by atoms with Gasteiger partial charge >= 0.3 is 0 Å². The fraction of sp³-hybridized carbons (Fsp3) is 0.750. The second-order valence-electron chi connectivity index (χ2n) is 1.11. The van der Waals surface area contributed by atoms with Crippen molar-refractivity contribution in [3.05, 3.63) is 0 Å². The summed E-state index contributed by atoms with van der Waals surface area (Å²) in [5.41, 5.74) is 0. The highest BCUT2D eigenvalue weighted by Gasteiger charge is 1.68. The molecule has 5 heteroatoms. The lowest BCUT2D eigenvalue weighted by molar-refractivity contribution is -0.134. The predicted octanol–water partition coefficient (Wildman–Crippen LogP) is -1.04. The van der Waals surface area contributed by atoms with Gasteiger partial charge in [-0.1, -0.05) is 0 Å². The summed E-state index contributed by atoms with van der Waals surface area (Å²) >= 11 is 0. The molecule has 0 unspecified atom stereocenters. The van der Waals surface area contributed by atoms with E-state index in [-0.39, 0.29) is 13.2 Å². The molecule has 0 aromatic carbocycles. The van der Waals surface area contributed by atoms with E-state index < -0.39 is 5.97 Å². The van der Waals surface area contributed by atoms with E-state index in [2.05, 4.69) is 10.7 Å². The van der Waals surface area contributed by atoms with Crippen molar-refractivity contribution in [2.45, 2.75) is 6.92 Å². The van der Waals surface area contributed by atoms with Crippen molar-refractivity contribution in [3.63, 3.8) is 0 Å². The van der Waals surface area contributed by atoms with E-state index in [0.29, 0.717) is 0 Å². The summed E-state index contributed by atoms with van der Waals surface area (Å²) in [5.74, 6) is 3.65. The zero-order valence-corrected chi connectivity index (χ0v) is 5.20. The minimum Gasteiger partial charge on any atom is -0.481 e. The minimum atomic E-state index is -0.833. The number of aliphatic hydroxyl groups is 1. The third-order valence-electron chi connectivity index (χ3n) is 0.209. The molecular formula is C4H11NO4. The van der Waals surface area contributed by atoms with Crippen molar-refractivity contribution < 1.29 is 19.8 Å². The Hall–Kier alpha value is -0.650. The maximum absolute atomic E-state index is 9.00. The highest BCUT2D eigenvalue weighted by Crippen LogP contribution is 1.51. The smallest absolute Gasteiger partial charge is 0.300 e. The number of carboxylic acids is 1. The van der Waals surface area contributed by atoms with Gasteiger partial charge in [-0.3, -0.25) is 4.79 Å². The van der Waals surface area contributed by atoms with E-state index >= 15 is 0 Å². The normalized spacial score (nSPS) is 7.44. The second kappa shape index (κ2) is 10.4. The lowest BCUT2D eigenvalue weighted by Gasteiger charge is -1.83.